The lowest BCUT2D eigenvalue weighted by Gasteiger charge is -2.25. The fourth-order valence-electron chi connectivity index (χ4n) is 3.31. The van der Waals surface area contributed by atoms with Crippen LogP contribution in [0.4, 0.5) is 0 Å². The van der Waals surface area contributed by atoms with Crippen molar-refractivity contribution in [1.82, 2.24) is 9.80 Å². The second-order valence-electron chi connectivity index (χ2n) is 7.29. The lowest BCUT2D eigenvalue weighted by atomic mass is 10.0. The predicted molar refractivity (Wildman–Crippen MR) is 101 cm³/mol. The number of hydrogen-bond acceptors (Lipinski definition) is 4. The Hall–Kier alpha value is -2.08. The van der Waals surface area contributed by atoms with Crippen LogP contribution in [0.15, 0.2) is 24.3 Å². The van der Waals surface area contributed by atoms with Crippen LogP contribution in [-0.2, 0) is 9.59 Å². The highest BCUT2D eigenvalue weighted by Crippen LogP contribution is 2.20. The van der Waals surface area contributed by atoms with Crippen LogP contribution in [0.25, 0.3) is 0 Å². The lowest BCUT2D eigenvalue weighted by Crippen LogP contribution is -2.38. The van der Waals surface area contributed by atoms with Crippen molar-refractivity contribution in [2.75, 3.05) is 33.3 Å². The maximum Gasteiger partial charge on any atom is 0.317 e. The first-order valence-corrected chi connectivity index (χ1v) is 9.29. The van der Waals surface area contributed by atoms with Crippen molar-refractivity contribution in [2.45, 2.75) is 45.1 Å². The Bertz CT molecular complexity index is 618. The van der Waals surface area contributed by atoms with Crippen molar-refractivity contribution >= 4 is 11.9 Å². The van der Waals surface area contributed by atoms with Crippen molar-refractivity contribution in [3.8, 4) is 5.75 Å². The number of amides is 1. The number of aliphatic carboxylic acids is 1. The van der Waals surface area contributed by atoms with Gasteiger partial charge in [-0.1, -0.05) is 26.0 Å². The molecule has 1 heterocycles. The molecule has 0 radical (unpaired) electrons. The summed E-state index contributed by atoms with van der Waals surface area (Å²) in [6, 6.07) is 8.06. The number of carboxylic acid groups (broad SMARTS) is 1. The zero-order valence-corrected chi connectivity index (χ0v) is 16.0. The van der Waals surface area contributed by atoms with E-state index in [0.29, 0.717) is 19.0 Å². The summed E-state index contributed by atoms with van der Waals surface area (Å²) < 4.78 is 5.70. The third-order valence-electron chi connectivity index (χ3n) is 4.95. The first kappa shape index (κ1) is 20.2. The molecule has 0 saturated carbocycles. The highest BCUT2D eigenvalue weighted by molar-refractivity contribution is 5.77. The zero-order valence-electron chi connectivity index (χ0n) is 16.0. The molecule has 2 rings (SSSR count). The minimum Gasteiger partial charge on any atom is -0.484 e. The average Bonchev–Trinajstić information content (AvgIpc) is 2.85. The van der Waals surface area contributed by atoms with E-state index in [1.807, 2.05) is 35.0 Å². The van der Waals surface area contributed by atoms with Gasteiger partial charge in [0, 0.05) is 19.1 Å². The SMILES string of the molecule is CC(C)c1cccc(OCC(=O)N2CCCC(N(C)CC(=O)O)CC2)c1. The molecule has 0 bridgehead atoms. The number of carboxylic acids is 1. The Balaban J connectivity index is 1.84. The standard InChI is InChI=1S/C20H30N2O4/c1-15(2)16-6-4-8-18(12-16)26-14-19(23)22-10-5-7-17(9-11-22)21(3)13-20(24)25/h4,6,8,12,15,17H,5,7,9-11,13-14H2,1-3H3,(H,24,25). The molecule has 1 aromatic carbocycles. The summed E-state index contributed by atoms with van der Waals surface area (Å²) in [6.45, 7) is 5.66. The van der Waals surface area contributed by atoms with Crippen LogP contribution in [0.2, 0.25) is 0 Å². The first-order valence-electron chi connectivity index (χ1n) is 9.29. The number of carbonyl (C=O) groups excluding carboxylic acids is 1. The number of benzene rings is 1. The van der Waals surface area contributed by atoms with E-state index in [1.165, 1.54) is 5.56 Å². The van der Waals surface area contributed by atoms with Crippen molar-refractivity contribution in [3.63, 3.8) is 0 Å². The van der Waals surface area contributed by atoms with Gasteiger partial charge in [-0.25, -0.2) is 0 Å². The average molecular weight is 362 g/mol. The Labute approximate surface area is 155 Å². The summed E-state index contributed by atoms with van der Waals surface area (Å²) in [7, 11) is 1.83. The van der Waals surface area contributed by atoms with Gasteiger partial charge in [0.05, 0.1) is 6.54 Å². The highest BCUT2D eigenvalue weighted by atomic mass is 16.5. The zero-order chi connectivity index (χ0) is 19.1. The number of carbonyl (C=O) groups is 2. The third kappa shape index (κ3) is 6.02. The molecule has 1 aliphatic heterocycles. The van der Waals surface area contributed by atoms with Crippen LogP contribution in [0.5, 0.6) is 5.75 Å². The summed E-state index contributed by atoms with van der Waals surface area (Å²) in [5.74, 6) is 0.307. The summed E-state index contributed by atoms with van der Waals surface area (Å²) >= 11 is 0. The normalized spacial score (nSPS) is 18.0. The van der Waals surface area contributed by atoms with Crippen molar-refractivity contribution in [3.05, 3.63) is 29.8 Å². The Kier molecular flexibility index (Phi) is 7.45. The second kappa shape index (κ2) is 9.57. The van der Waals surface area contributed by atoms with Crippen LogP contribution < -0.4 is 4.74 Å². The Morgan fingerprint density at radius 1 is 1.31 bits per heavy atom. The van der Waals surface area contributed by atoms with Crippen LogP contribution in [0.3, 0.4) is 0 Å². The van der Waals surface area contributed by atoms with Gasteiger partial charge in [-0.3, -0.25) is 14.5 Å². The van der Waals surface area contributed by atoms with Crippen molar-refractivity contribution in [1.29, 1.82) is 0 Å². The number of ether oxygens (including phenoxy) is 1. The van der Waals surface area contributed by atoms with Gasteiger partial charge in [0.2, 0.25) is 0 Å². The molecule has 1 saturated heterocycles. The molecule has 1 amide bonds. The van der Waals surface area contributed by atoms with Gasteiger partial charge in [0.1, 0.15) is 5.75 Å². The van der Waals surface area contributed by atoms with E-state index in [1.54, 1.807) is 0 Å². The fraction of sp³-hybridized carbons (Fsp3) is 0.600. The van der Waals surface area contributed by atoms with Gasteiger partial charge < -0.3 is 14.7 Å². The molecule has 1 unspecified atom stereocenters. The van der Waals surface area contributed by atoms with E-state index in [0.717, 1.165) is 25.0 Å². The van der Waals surface area contributed by atoms with Crippen LogP contribution in [0.1, 0.15) is 44.6 Å². The van der Waals surface area contributed by atoms with E-state index >= 15 is 0 Å². The second-order valence-corrected chi connectivity index (χ2v) is 7.29. The fourth-order valence-corrected chi connectivity index (χ4v) is 3.31. The molecule has 1 aliphatic rings. The van der Waals surface area contributed by atoms with E-state index in [-0.39, 0.29) is 25.1 Å². The summed E-state index contributed by atoms with van der Waals surface area (Å²) in [5, 5.41) is 8.93. The predicted octanol–water partition coefficient (Wildman–Crippen LogP) is 2.59. The number of likely N-dealkylation sites (tertiary alicyclic amines) is 1. The van der Waals surface area contributed by atoms with E-state index < -0.39 is 5.97 Å². The van der Waals surface area contributed by atoms with Gasteiger partial charge in [0.15, 0.2) is 6.61 Å². The van der Waals surface area contributed by atoms with Crippen LogP contribution >= 0.6 is 0 Å². The number of nitrogens with zero attached hydrogens (tertiary/aromatic N) is 2. The molecule has 1 aromatic rings. The molecule has 0 aliphatic carbocycles. The van der Waals surface area contributed by atoms with Gasteiger partial charge in [-0.05, 0) is 49.9 Å². The first-order chi connectivity index (χ1) is 12.4. The Morgan fingerprint density at radius 3 is 2.77 bits per heavy atom. The van der Waals surface area contributed by atoms with Crippen molar-refractivity contribution < 1.29 is 19.4 Å². The van der Waals surface area contributed by atoms with Gasteiger partial charge in [-0.15, -0.1) is 0 Å². The van der Waals surface area contributed by atoms with Gasteiger partial charge in [0.25, 0.3) is 5.91 Å². The topological polar surface area (TPSA) is 70.1 Å². The lowest BCUT2D eigenvalue weighted by molar-refractivity contribution is -0.138. The third-order valence-corrected chi connectivity index (χ3v) is 4.95. The van der Waals surface area contributed by atoms with E-state index in [9.17, 15) is 9.59 Å². The molecule has 1 atom stereocenters. The maximum absolute atomic E-state index is 12.5. The largest absolute Gasteiger partial charge is 0.484 e. The van der Waals surface area contributed by atoms with E-state index in [4.69, 9.17) is 9.84 Å². The van der Waals surface area contributed by atoms with E-state index in [2.05, 4.69) is 19.9 Å². The molecule has 6 heteroatoms. The minimum atomic E-state index is -0.818. The number of likely N-dealkylation sites (N-methyl/N-ethyl adjacent to an activating group) is 1. The van der Waals surface area contributed by atoms with Gasteiger partial charge >= 0.3 is 5.97 Å². The molecule has 0 spiro atoms. The molecule has 0 aromatic heterocycles. The smallest absolute Gasteiger partial charge is 0.317 e. The van der Waals surface area contributed by atoms with Crippen LogP contribution in [-0.4, -0.2) is 66.1 Å². The summed E-state index contributed by atoms with van der Waals surface area (Å²) in [6.07, 6.45) is 2.58. The number of hydrogen-bond donors (Lipinski definition) is 1. The molecular formula is C20H30N2O4. The molecule has 26 heavy (non-hydrogen) atoms. The maximum atomic E-state index is 12.5. The van der Waals surface area contributed by atoms with Crippen LogP contribution in [0, 0.1) is 0 Å². The van der Waals surface area contributed by atoms with Crippen molar-refractivity contribution in [2.24, 2.45) is 0 Å². The molecule has 6 nitrogen and oxygen atoms in total. The summed E-state index contributed by atoms with van der Waals surface area (Å²) in [5.41, 5.74) is 1.19. The number of rotatable bonds is 7. The minimum absolute atomic E-state index is 0.0125. The van der Waals surface area contributed by atoms with Gasteiger partial charge in [-0.2, -0.15) is 0 Å². The molecule has 144 valence electrons. The monoisotopic (exact) mass is 362 g/mol. The molecule has 1 fully saturated rings. The molecule has 1 N–H and O–H groups in total. The summed E-state index contributed by atoms with van der Waals surface area (Å²) in [4.78, 5) is 27.1. The molecular weight excluding hydrogens is 332 g/mol. The quantitative estimate of drug-likeness (QED) is 0.807. The highest BCUT2D eigenvalue weighted by Gasteiger charge is 2.24. The Morgan fingerprint density at radius 2 is 2.08 bits per heavy atom.